The third-order valence-corrected chi connectivity index (χ3v) is 5.26. The van der Waals surface area contributed by atoms with Crippen LogP contribution in [0, 0.1) is 0 Å². The lowest BCUT2D eigenvalue weighted by molar-refractivity contribution is -0.151. The zero-order valence-electron chi connectivity index (χ0n) is 16.8. The Morgan fingerprint density at radius 3 is 2.32 bits per heavy atom. The first kappa shape index (κ1) is 20.1. The van der Waals surface area contributed by atoms with Crippen LogP contribution in [0.3, 0.4) is 0 Å². The molecule has 5 heteroatoms. The molecule has 3 rings (SSSR count). The van der Waals surface area contributed by atoms with E-state index in [2.05, 4.69) is 36.2 Å². The highest BCUT2D eigenvalue weighted by Crippen LogP contribution is 2.22. The van der Waals surface area contributed by atoms with Gasteiger partial charge in [0, 0.05) is 44.9 Å². The van der Waals surface area contributed by atoms with Crippen LogP contribution in [0.25, 0.3) is 11.1 Å². The zero-order chi connectivity index (χ0) is 19.9. The Kier molecular flexibility index (Phi) is 6.80. The van der Waals surface area contributed by atoms with Gasteiger partial charge in [-0.3, -0.25) is 14.6 Å². The standard InChI is InChI=1S/C23H29N3O2/c1-3-5-22(27)26-16-15-25(14-4-2)23(28)21(26)17-18-6-8-19(9-7-18)20-10-12-24-13-11-20/h6-13,21H,3-5,14-17H2,1-2H3/t21-/m0/s1. The fraction of sp³-hybridized carbons (Fsp3) is 0.435. The molecule has 2 amide bonds. The van der Waals surface area contributed by atoms with Gasteiger partial charge in [-0.25, -0.2) is 0 Å². The summed E-state index contributed by atoms with van der Waals surface area (Å²) in [7, 11) is 0. The van der Waals surface area contributed by atoms with E-state index < -0.39 is 6.04 Å². The van der Waals surface area contributed by atoms with E-state index in [1.165, 1.54) is 0 Å². The third kappa shape index (κ3) is 4.58. The van der Waals surface area contributed by atoms with Crippen molar-refractivity contribution >= 4 is 11.8 Å². The third-order valence-electron chi connectivity index (χ3n) is 5.26. The molecule has 0 spiro atoms. The summed E-state index contributed by atoms with van der Waals surface area (Å²) in [6.07, 6.45) is 6.36. The van der Waals surface area contributed by atoms with E-state index in [4.69, 9.17) is 0 Å². The summed E-state index contributed by atoms with van der Waals surface area (Å²) in [6, 6.07) is 11.8. The van der Waals surface area contributed by atoms with Gasteiger partial charge in [-0.1, -0.05) is 38.1 Å². The topological polar surface area (TPSA) is 53.5 Å². The summed E-state index contributed by atoms with van der Waals surface area (Å²) in [5, 5.41) is 0. The van der Waals surface area contributed by atoms with E-state index in [0.29, 0.717) is 25.9 Å². The first-order valence-corrected chi connectivity index (χ1v) is 10.2. The van der Waals surface area contributed by atoms with Crippen molar-refractivity contribution in [3.05, 3.63) is 54.4 Å². The molecular formula is C23H29N3O2. The number of amides is 2. The number of pyridine rings is 1. The van der Waals surface area contributed by atoms with Crippen molar-refractivity contribution in [2.24, 2.45) is 0 Å². The number of carbonyl (C=O) groups is 2. The Morgan fingerprint density at radius 2 is 1.68 bits per heavy atom. The molecule has 1 saturated heterocycles. The van der Waals surface area contributed by atoms with Gasteiger partial charge in [-0.2, -0.15) is 0 Å². The molecule has 148 valence electrons. The van der Waals surface area contributed by atoms with E-state index in [1.54, 1.807) is 17.3 Å². The van der Waals surface area contributed by atoms with Crippen molar-refractivity contribution in [3.8, 4) is 11.1 Å². The van der Waals surface area contributed by atoms with Crippen LogP contribution in [0.1, 0.15) is 38.7 Å². The van der Waals surface area contributed by atoms with Crippen molar-refractivity contribution in [2.45, 2.75) is 45.6 Å². The maximum Gasteiger partial charge on any atom is 0.245 e. The summed E-state index contributed by atoms with van der Waals surface area (Å²) in [5.74, 6) is 0.168. The SMILES string of the molecule is CCCC(=O)N1CCN(CCC)C(=O)[C@@H]1Cc1ccc(-c2ccncc2)cc1. The van der Waals surface area contributed by atoms with Crippen LogP contribution in [-0.4, -0.2) is 52.3 Å². The van der Waals surface area contributed by atoms with Crippen LogP contribution in [0.4, 0.5) is 0 Å². The maximum absolute atomic E-state index is 13.1. The van der Waals surface area contributed by atoms with Crippen molar-refractivity contribution in [1.82, 2.24) is 14.8 Å². The highest BCUT2D eigenvalue weighted by atomic mass is 16.2. The van der Waals surface area contributed by atoms with Gasteiger partial charge in [-0.15, -0.1) is 0 Å². The van der Waals surface area contributed by atoms with E-state index >= 15 is 0 Å². The highest BCUT2D eigenvalue weighted by Gasteiger charge is 2.36. The number of carbonyl (C=O) groups excluding carboxylic acids is 2. The molecular weight excluding hydrogens is 350 g/mol. The number of nitrogens with zero attached hydrogens (tertiary/aromatic N) is 3. The number of benzene rings is 1. The quantitative estimate of drug-likeness (QED) is 0.739. The lowest BCUT2D eigenvalue weighted by atomic mass is 9.98. The van der Waals surface area contributed by atoms with Gasteiger partial charge in [0.15, 0.2) is 0 Å². The average Bonchev–Trinajstić information content (AvgIpc) is 2.72. The summed E-state index contributed by atoms with van der Waals surface area (Å²) in [6.45, 7) is 6.10. The number of rotatable bonds is 7. The second-order valence-corrected chi connectivity index (χ2v) is 7.32. The number of piperazine rings is 1. The molecule has 0 unspecified atom stereocenters. The van der Waals surface area contributed by atoms with Gasteiger partial charge < -0.3 is 9.80 Å². The van der Waals surface area contributed by atoms with E-state index in [0.717, 1.165) is 36.1 Å². The molecule has 2 aromatic rings. The maximum atomic E-state index is 13.1. The number of hydrogen-bond acceptors (Lipinski definition) is 3. The first-order chi connectivity index (χ1) is 13.6. The predicted molar refractivity (Wildman–Crippen MR) is 111 cm³/mol. The molecule has 0 saturated carbocycles. The minimum Gasteiger partial charge on any atom is -0.339 e. The molecule has 0 aliphatic carbocycles. The van der Waals surface area contributed by atoms with Gasteiger partial charge in [0.25, 0.3) is 0 Å². The largest absolute Gasteiger partial charge is 0.339 e. The summed E-state index contributed by atoms with van der Waals surface area (Å²) in [4.78, 5) is 33.4. The number of aromatic nitrogens is 1. The Balaban J connectivity index is 1.79. The lowest BCUT2D eigenvalue weighted by Crippen LogP contribution is -2.59. The molecule has 0 bridgehead atoms. The first-order valence-electron chi connectivity index (χ1n) is 10.2. The van der Waals surface area contributed by atoms with Gasteiger partial charge in [0.1, 0.15) is 6.04 Å². The van der Waals surface area contributed by atoms with Crippen LogP contribution in [0.2, 0.25) is 0 Å². The van der Waals surface area contributed by atoms with Crippen LogP contribution < -0.4 is 0 Å². The molecule has 1 aliphatic heterocycles. The Labute approximate surface area is 167 Å². The van der Waals surface area contributed by atoms with Gasteiger partial charge in [-0.05, 0) is 41.7 Å². The van der Waals surface area contributed by atoms with Crippen molar-refractivity contribution in [2.75, 3.05) is 19.6 Å². The monoisotopic (exact) mass is 379 g/mol. The predicted octanol–water partition coefficient (Wildman–Crippen LogP) is 3.54. The van der Waals surface area contributed by atoms with Gasteiger partial charge in [0.05, 0.1) is 0 Å². The van der Waals surface area contributed by atoms with E-state index in [1.807, 2.05) is 24.0 Å². The second kappa shape index (κ2) is 9.49. The van der Waals surface area contributed by atoms with Crippen LogP contribution in [0.15, 0.2) is 48.8 Å². The molecule has 0 radical (unpaired) electrons. The lowest BCUT2D eigenvalue weighted by Gasteiger charge is -2.41. The molecule has 1 atom stereocenters. The fourth-order valence-corrected chi connectivity index (χ4v) is 3.78. The molecule has 1 aliphatic rings. The van der Waals surface area contributed by atoms with Gasteiger partial charge in [0.2, 0.25) is 11.8 Å². The number of hydrogen-bond donors (Lipinski definition) is 0. The molecule has 28 heavy (non-hydrogen) atoms. The Bertz CT molecular complexity index is 789. The van der Waals surface area contributed by atoms with Crippen molar-refractivity contribution in [3.63, 3.8) is 0 Å². The molecule has 1 aromatic heterocycles. The second-order valence-electron chi connectivity index (χ2n) is 7.32. The molecule has 0 N–H and O–H groups in total. The van der Waals surface area contributed by atoms with Crippen LogP contribution in [-0.2, 0) is 16.0 Å². The Morgan fingerprint density at radius 1 is 1.00 bits per heavy atom. The fourth-order valence-electron chi connectivity index (χ4n) is 3.78. The smallest absolute Gasteiger partial charge is 0.245 e. The van der Waals surface area contributed by atoms with Crippen molar-refractivity contribution in [1.29, 1.82) is 0 Å². The molecule has 2 heterocycles. The average molecular weight is 380 g/mol. The summed E-state index contributed by atoms with van der Waals surface area (Å²) in [5.41, 5.74) is 3.31. The zero-order valence-corrected chi connectivity index (χ0v) is 16.8. The van der Waals surface area contributed by atoms with Crippen LogP contribution in [0.5, 0.6) is 0 Å². The van der Waals surface area contributed by atoms with Crippen molar-refractivity contribution < 1.29 is 9.59 Å². The minimum atomic E-state index is -0.397. The van der Waals surface area contributed by atoms with E-state index in [-0.39, 0.29) is 11.8 Å². The Hall–Kier alpha value is -2.69. The minimum absolute atomic E-state index is 0.0794. The summed E-state index contributed by atoms with van der Waals surface area (Å²) < 4.78 is 0. The normalized spacial score (nSPS) is 17.1. The molecule has 5 nitrogen and oxygen atoms in total. The molecule has 1 fully saturated rings. The van der Waals surface area contributed by atoms with E-state index in [9.17, 15) is 9.59 Å². The van der Waals surface area contributed by atoms with Gasteiger partial charge >= 0.3 is 0 Å². The van der Waals surface area contributed by atoms with Crippen LogP contribution >= 0.6 is 0 Å². The highest BCUT2D eigenvalue weighted by molar-refractivity contribution is 5.89. The summed E-state index contributed by atoms with van der Waals surface area (Å²) >= 11 is 0. The molecule has 1 aromatic carbocycles.